The quantitative estimate of drug-likeness (QED) is 0.584. The number of fused-ring (bicyclic) bond motifs is 5. The van der Waals surface area contributed by atoms with Crippen LogP contribution in [0.1, 0.15) is 112 Å². The first kappa shape index (κ1) is 22.8. The summed E-state index contributed by atoms with van der Waals surface area (Å²) in [6, 6.07) is 0. The lowest BCUT2D eigenvalue weighted by atomic mass is 9.43. The first-order chi connectivity index (χ1) is 13.9. The fourth-order valence-corrected chi connectivity index (χ4v) is 8.69. The number of hydrogen-bond acceptors (Lipinski definition) is 3. The Labute approximate surface area is 184 Å². The monoisotopic (exact) mass is 418 g/mol. The van der Waals surface area contributed by atoms with Crippen LogP contribution < -0.4 is 0 Å². The third-order valence-corrected chi connectivity index (χ3v) is 10.8. The van der Waals surface area contributed by atoms with Crippen LogP contribution in [0.4, 0.5) is 0 Å². The van der Waals surface area contributed by atoms with Gasteiger partial charge in [-0.3, -0.25) is 4.79 Å². The van der Waals surface area contributed by atoms with E-state index in [-0.39, 0.29) is 11.3 Å². The van der Waals surface area contributed by atoms with Gasteiger partial charge in [-0.15, -0.1) is 0 Å². The molecule has 0 aliphatic heterocycles. The fraction of sp³-hybridized carbons (Fsp3) is 0.963. The van der Waals surface area contributed by atoms with E-state index in [1.165, 1.54) is 32.1 Å². The minimum absolute atomic E-state index is 0.236. The normalized spacial score (nSPS) is 48.8. The molecule has 3 nitrogen and oxygen atoms in total. The van der Waals surface area contributed by atoms with Gasteiger partial charge in [0.05, 0.1) is 11.2 Å². The molecular formula is C27H46O3. The van der Waals surface area contributed by atoms with Crippen molar-refractivity contribution in [2.45, 2.75) is 123 Å². The van der Waals surface area contributed by atoms with Gasteiger partial charge in [0.2, 0.25) is 0 Å². The summed E-state index contributed by atoms with van der Waals surface area (Å²) in [5, 5.41) is 21.1. The Morgan fingerprint density at radius 1 is 1.03 bits per heavy atom. The molecule has 3 heteroatoms. The highest BCUT2D eigenvalue weighted by atomic mass is 16.3. The third-order valence-electron chi connectivity index (χ3n) is 10.8. The topological polar surface area (TPSA) is 57.5 Å². The van der Waals surface area contributed by atoms with Gasteiger partial charge in [0, 0.05) is 12.3 Å². The molecule has 2 N–H and O–H groups in total. The van der Waals surface area contributed by atoms with Gasteiger partial charge in [0.15, 0.2) is 0 Å². The second-order valence-electron chi connectivity index (χ2n) is 12.9. The minimum Gasteiger partial charge on any atom is -0.390 e. The standard InChI is InChI=1S/C27H46O3/c1-6-27(30)15-14-26(5)19(17-27)16-22(28)23-20-10-9-18(8-7-12-24(2,3)29)25(20,4)13-11-21(23)26/h18-21,23,29-30H,6-17H2,1-5H3/t18-,19-,20-,21-,23-,25+,26-,27-/m0/s1. The summed E-state index contributed by atoms with van der Waals surface area (Å²) >= 11 is 0. The van der Waals surface area contributed by atoms with Gasteiger partial charge in [-0.25, -0.2) is 0 Å². The molecular weight excluding hydrogens is 372 g/mol. The van der Waals surface area contributed by atoms with E-state index in [2.05, 4.69) is 20.8 Å². The molecule has 0 saturated heterocycles. The van der Waals surface area contributed by atoms with Crippen LogP contribution >= 0.6 is 0 Å². The van der Waals surface area contributed by atoms with Crippen molar-refractivity contribution < 1.29 is 15.0 Å². The van der Waals surface area contributed by atoms with Crippen LogP contribution in [0.5, 0.6) is 0 Å². The summed E-state index contributed by atoms with van der Waals surface area (Å²) < 4.78 is 0. The number of rotatable bonds is 5. The van der Waals surface area contributed by atoms with E-state index in [9.17, 15) is 15.0 Å². The molecule has 0 bridgehead atoms. The summed E-state index contributed by atoms with van der Waals surface area (Å²) in [6.45, 7) is 10.9. The van der Waals surface area contributed by atoms with E-state index >= 15 is 0 Å². The van der Waals surface area contributed by atoms with E-state index < -0.39 is 11.2 Å². The highest BCUT2D eigenvalue weighted by Gasteiger charge is 2.63. The van der Waals surface area contributed by atoms with Crippen LogP contribution in [-0.2, 0) is 4.79 Å². The molecule has 172 valence electrons. The zero-order chi connectivity index (χ0) is 21.9. The van der Waals surface area contributed by atoms with Crippen LogP contribution in [0.3, 0.4) is 0 Å². The van der Waals surface area contributed by atoms with Gasteiger partial charge in [-0.05, 0) is 113 Å². The predicted molar refractivity (Wildman–Crippen MR) is 121 cm³/mol. The van der Waals surface area contributed by atoms with Gasteiger partial charge in [0.1, 0.15) is 5.78 Å². The molecule has 0 radical (unpaired) electrons. The molecule has 0 aromatic carbocycles. The number of carbonyl (C=O) groups is 1. The number of ketones is 1. The van der Waals surface area contributed by atoms with Crippen LogP contribution in [-0.4, -0.2) is 27.2 Å². The molecule has 0 spiro atoms. The molecule has 0 aromatic heterocycles. The smallest absolute Gasteiger partial charge is 0.136 e. The molecule has 0 unspecified atom stereocenters. The van der Waals surface area contributed by atoms with Gasteiger partial charge in [-0.2, -0.15) is 0 Å². The third kappa shape index (κ3) is 3.70. The molecule has 0 heterocycles. The Morgan fingerprint density at radius 2 is 1.73 bits per heavy atom. The maximum atomic E-state index is 13.5. The number of aliphatic hydroxyl groups is 2. The first-order valence-corrected chi connectivity index (χ1v) is 12.9. The summed E-state index contributed by atoms with van der Waals surface area (Å²) in [6.07, 6.45) is 12.5. The van der Waals surface area contributed by atoms with Gasteiger partial charge in [-0.1, -0.05) is 27.2 Å². The van der Waals surface area contributed by atoms with E-state index in [0.717, 1.165) is 38.5 Å². The number of carbonyl (C=O) groups excluding carboxylic acids is 1. The predicted octanol–water partition coefficient (Wildman–Crippen LogP) is 5.91. The Balaban J connectivity index is 1.51. The Bertz CT molecular complexity index is 666. The number of Topliss-reactive ketones (excluding diaryl/α,β-unsaturated/α-hetero) is 1. The highest BCUT2D eigenvalue weighted by molar-refractivity contribution is 5.83. The van der Waals surface area contributed by atoms with Gasteiger partial charge < -0.3 is 10.2 Å². The SMILES string of the molecule is CC[C@]1(O)CC[C@@]2(C)[C@@H](CC(=O)[C@@H]3[C@@H]2CC[C@]2(C)[C@@H](CCCC(C)(C)O)CC[C@@H]32)C1. The van der Waals surface area contributed by atoms with Crippen molar-refractivity contribution in [1.29, 1.82) is 0 Å². The number of hydrogen-bond donors (Lipinski definition) is 2. The van der Waals surface area contributed by atoms with Crippen LogP contribution in [0.2, 0.25) is 0 Å². The lowest BCUT2D eigenvalue weighted by Gasteiger charge is -2.61. The van der Waals surface area contributed by atoms with Crippen molar-refractivity contribution in [3.05, 3.63) is 0 Å². The summed E-state index contributed by atoms with van der Waals surface area (Å²) in [4.78, 5) is 13.5. The van der Waals surface area contributed by atoms with Gasteiger partial charge in [0.25, 0.3) is 0 Å². The molecule has 4 aliphatic rings. The van der Waals surface area contributed by atoms with Crippen LogP contribution in [0.15, 0.2) is 0 Å². The van der Waals surface area contributed by atoms with Crippen molar-refractivity contribution in [3.8, 4) is 0 Å². The maximum absolute atomic E-state index is 13.5. The highest BCUT2D eigenvalue weighted by Crippen LogP contribution is 2.67. The lowest BCUT2D eigenvalue weighted by molar-refractivity contribution is -0.168. The maximum Gasteiger partial charge on any atom is 0.136 e. The molecule has 4 rings (SSSR count). The van der Waals surface area contributed by atoms with E-state index in [4.69, 9.17) is 0 Å². The summed E-state index contributed by atoms with van der Waals surface area (Å²) in [5.74, 6) is 2.95. The van der Waals surface area contributed by atoms with E-state index in [1.807, 2.05) is 13.8 Å². The van der Waals surface area contributed by atoms with Crippen LogP contribution in [0, 0.1) is 40.4 Å². The molecule has 8 atom stereocenters. The molecule has 4 fully saturated rings. The van der Waals surface area contributed by atoms with Crippen LogP contribution in [0.25, 0.3) is 0 Å². The largest absolute Gasteiger partial charge is 0.390 e. The van der Waals surface area contributed by atoms with Crippen molar-refractivity contribution in [2.75, 3.05) is 0 Å². The average molecular weight is 419 g/mol. The fourth-order valence-electron chi connectivity index (χ4n) is 8.69. The van der Waals surface area contributed by atoms with Crippen molar-refractivity contribution in [2.24, 2.45) is 40.4 Å². The zero-order valence-corrected chi connectivity index (χ0v) is 20.2. The second kappa shape index (κ2) is 7.58. The van der Waals surface area contributed by atoms with Crippen molar-refractivity contribution in [3.63, 3.8) is 0 Å². The summed E-state index contributed by atoms with van der Waals surface area (Å²) in [5.41, 5.74) is -0.570. The summed E-state index contributed by atoms with van der Waals surface area (Å²) in [7, 11) is 0. The second-order valence-corrected chi connectivity index (χ2v) is 12.9. The molecule has 30 heavy (non-hydrogen) atoms. The van der Waals surface area contributed by atoms with E-state index in [1.54, 1.807) is 0 Å². The van der Waals surface area contributed by atoms with E-state index in [0.29, 0.717) is 41.3 Å². The Kier molecular flexibility index (Phi) is 5.75. The first-order valence-electron chi connectivity index (χ1n) is 12.9. The van der Waals surface area contributed by atoms with Gasteiger partial charge >= 0.3 is 0 Å². The molecule has 0 aromatic rings. The lowest BCUT2D eigenvalue weighted by Crippen LogP contribution is -2.58. The van der Waals surface area contributed by atoms with Crippen molar-refractivity contribution >= 4 is 5.78 Å². The van der Waals surface area contributed by atoms with Crippen molar-refractivity contribution in [1.82, 2.24) is 0 Å². The molecule has 4 aliphatic carbocycles. The molecule has 0 amide bonds. The Morgan fingerprint density at radius 3 is 2.40 bits per heavy atom. The minimum atomic E-state index is -0.569. The average Bonchev–Trinajstić information content (AvgIpc) is 2.99. The zero-order valence-electron chi connectivity index (χ0n) is 20.2. The molecule has 4 saturated carbocycles. The Hall–Kier alpha value is -0.410.